The van der Waals surface area contributed by atoms with E-state index in [0.29, 0.717) is 5.56 Å². The standard InChI is InChI=1S/C19H25N5O2.ClH/c1-13-7-11-24(15-4-8-20-9-5-15)19(26)17(13)18(25)23(3)14(2)16-6-10-21-12-22-16;/h6-7,10-12,14-15,20H,4-5,8-9H2,1-3H3;1H. The molecule has 1 unspecified atom stereocenters. The van der Waals surface area contributed by atoms with Gasteiger partial charge in [0.15, 0.2) is 0 Å². The zero-order valence-corrected chi connectivity index (χ0v) is 16.7. The zero-order chi connectivity index (χ0) is 18.7. The fourth-order valence-corrected chi connectivity index (χ4v) is 3.37. The second-order valence-electron chi connectivity index (χ2n) is 6.79. The number of hydrogen-bond donors (Lipinski definition) is 1. The number of piperidine rings is 1. The number of aromatic nitrogens is 3. The number of carbonyl (C=O) groups excluding carboxylic acids is 1. The first-order valence-corrected chi connectivity index (χ1v) is 8.96. The molecule has 1 atom stereocenters. The molecule has 2 aromatic heterocycles. The largest absolute Gasteiger partial charge is 0.333 e. The summed E-state index contributed by atoms with van der Waals surface area (Å²) < 4.78 is 1.73. The molecule has 3 rings (SSSR count). The summed E-state index contributed by atoms with van der Waals surface area (Å²) in [6.45, 7) is 5.48. The predicted octanol–water partition coefficient (Wildman–Crippen LogP) is 2.13. The van der Waals surface area contributed by atoms with Gasteiger partial charge in [0.2, 0.25) is 0 Å². The van der Waals surface area contributed by atoms with Crippen molar-refractivity contribution in [3.05, 3.63) is 58.0 Å². The molecule has 1 N–H and O–H groups in total. The fourth-order valence-electron chi connectivity index (χ4n) is 3.37. The highest BCUT2D eigenvalue weighted by molar-refractivity contribution is 5.95. The quantitative estimate of drug-likeness (QED) is 0.863. The molecule has 8 heteroatoms. The third kappa shape index (κ3) is 4.36. The van der Waals surface area contributed by atoms with E-state index in [4.69, 9.17) is 0 Å². The molecular weight excluding hydrogens is 366 g/mol. The smallest absolute Gasteiger partial charge is 0.263 e. The van der Waals surface area contributed by atoms with Crippen molar-refractivity contribution < 1.29 is 4.79 Å². The molecule has 0 radical (unpaired) electrons. The molecule has 0 aliphatic carbocycles. The summed E-state index contributed by atoms with van der Waals surface area (Å²) in [5.41, 5.74) is 1.48. The number of aryl methyl sites for hydroxylation is 1. The molecule has 146 valence electrons. The van der Waals surface area contributed by atoms with E-state index in [-0.39, 0.29) is 41.5 Å². The first-order valence-electron chi connectivity index (χ1n) is 8.96. The highest BCUT2D eigenvalue weighted by atomic mass is 35.5. The Morgan fingerprint density at radius 3 is 2.67 bits per heavy atom. The molecular formula is C19H26ClN5O2. The maximum Gasteiger partial charge on any atom is 0.263 e. The Hall–Kier alpha value is -2.25. The third-order valence-electron chi connectivity index (χ3n) is 5.18. The van der Waals surface area contributed by atoms with Crippen molar-refractivity contribution in [3.8, 4) is 0 Å². The topological polar surface area (TPSA) is 80.1 Å². The summed E-state index contributed by atoms with van der Waals surface area (Å²) in [6.07, 6.45) is 6.71. The molecule has 0 aromatic carbocycles. The summed E-state index contributed by atoms with van der Waals surface area (Å²) in [5.74, 6) is -0.276. The Morgan fingerprint density at radius 2 is 2.04 bits per heavy atom. The minimum Gasteiger partial charge on any atom is -0.333 e. The summed E-state index contributed by atoms with van der Waals surface area (Å²) in [4.78, 5) is 35.8. The van der Waals surface area contributed by atoms with Gasteiger partial charge in [-0.05, 0) is 57.5 Å². The fraction of sp³-hybridized carbons (Fsp3) is 0.474. The van der Waals surface area contributed by atoms with Crippen LogP contribution in [-0.4, -0.2) is 45.5 Å². The van der Waals surface area contributed by atoms with Crippen molar-refractivity contribution in [2.75, 3.05) is 20.1 Å². The number of carbonyl (C=O) groups is 1. The van der Waals surface area contributed by atoms with Gasteiger partial charge in [0, 0.05) is 25.5 Å². The van der Waals surface area contributed by atoms with Gasteiger partial charge in [-0.2, -0.15) is 0 Å². The van der Waals surface area contributed by atoms with Crippen molar-refractivity contribution in [1.82, 2.24) is 24.8 Å². The van der Waals surface area contributed by atoms with E-state index in [0.717, 1.165) is 31.6 Å². The minimum atomic E-state index is -0.276. The van der Waals surface area contributed by atoms with Gasteiger partial charge in [-0.25, -0.2) is 9.97 Å². The Kier molecular flexibility index (Phi) is 7.10. The van der Waals surface area contributed by atoms with Crippen LogP contribution in [0.15, 0.2) is 35.6 Å². The van der Waals surface area contributed by atoms with Crippen molar-refractivity contribution in [3.63, 3.8) is 0 Å². The van der Waals surface area contributed by atoms with Crippen LogP contribution < -0.4 is 10.9 Å². The second kappa shape index (κ2) is 9.10. The van der Waals surface area contributed by atoms with E-state index >= 15 is 0 Å². The molecule has 2 aromatic rings. The van der Waals surface area contributed by atoms with Crippen molar-refractivity contribution >= 4 is 18.3 Å². The molecule has 0 bridgehead atoms. The molecule has 1 aliphatic heterocycles. The van der Waals surface area contributed by atoms with E-state index in [9.17, 15) is 9.59 Å². The van der Waals surface area contributed by atoms with Gasteiger partial charge in [0.05, 0.1) is 11.7 Å². The lowest BCUT2D eigenvalue weighted by atomic mass is 10.0. The van der Waals surface area contributed by atoms with Gasteiger partial charge in [-0.15, -0.1) is 12.4 Å². The minimum absolute atomic E-state index is 0. The lowest BCUT2D eigenvalue weighted by Crippen LogP contribution is -2.39. The molecule has 1 amide bonds. The highest BCUT2D eigenvalue weighted by Gasteiger charge is 2.26. The maximum absolute atomic E-state index is 13.1. The Bertz CT molecular complexity index is 834. The van der Waals surface area contributed by atoms with Crippen LogP contribution in [0.5, 0.6) is 0 Å². The van der Waals surface area contributed by atoms with Crippen LogP contribution in [0.2, 0.25) is 0 Å². The van der Waals surface area contributed by atoms with Gasteiger partial charge >= 0.3 is 0 Å². The Labute approximate surface area is 165 Å². The Balaban J connectivity index is 0.00000261. The van der Waals surface area contributed by atoms with Gasteiger partial charge in [-0.3, -0.25) is 9.59 Å². The van der Waals surface area contributed by atoms with Crippen LogP contribution in [0.4, 0.5) is 0 Å². The number of halogens is 1. The van der Waals surface area contributed by atoms with Crippen LogP contribution in [0.1, 0.15) is 53.5 Å². The third-order valence-corrected chi connectivity index (χ3v) is 5.18. The van der Waals surface area contributed by atoms with Crippen LogP contribution in [-0.2, 0) is 0 Å². The number of nitrogens with zero attached hydrogens (tertiary/aromatic N) is 4. The number of pyridine rings is 1. The normalized spacial score (nSPS) is 15.7. The lowest BCUT2D eigenvalue weighted by molar-refractivity contribution is 0.0736. The summed E-state index contributed by atoms with van der Waals surface area (Å²) in [6, 6.07) is 3.52. The van der Waals surface area contributed by atoms with Gasteiger partial charge in [0.1, 0.15) is 11.9 Å². The molecule has 3 heterocycles. The number of hydrogen-bond acceptors (Lipinski definition) is 5. The van der Waals surface area contributed by atoms with E-state index in [1.165, 1.54) is 6.33 Å². The zero-order valence-electron chi connectivity index (χ0n) is 15.9. The molecule has 7 nitrogen and oxygen atoms in total. The number of amides is 1. The van der Waals surface area contributed by atoms with E-state index in [1.54, 1.807) is 28.8 Å². The number of nitrogens with one attached hydrogen (secondary N) is 1. The van der Waals surface area contributed by atoms with Gasteiger partial charge in [-0.1, -0.05) is 0 Å². The molecule has 1 aliphatic rings. The predicted molar refractivity (Wildman–Crippen MR) is 106 cm³/mol. The van der Waals surface area contributed by atoms with E-state index in [2.05, 4.69) is 15.3 Å². The number of rotatable bonds is 4. The summed E-state index contributed by atoms with van der Waals surface area (Å²) >= 11 is 0. The average molecular weight is 392 g/mol. The summed E-state index contributed by atoms with van der Waals surface area (Å²) in [7, 11) is 1.70. The van der Waals surface area contributed by atoms with E-state index < -0.39 is 0 Å². The van der Waals surface area contributed by atoms with Crippen molar-refractivity contribution in [2.45, 2.75) is 38.8 Å². The molecule has 0 spiro atoms. The van der Waals surface area contributed by atoms with E-state index in [1.807, 2.05) is 26.1 Å². The van der Waals surface area contributed by atoms with Gasteiger partial charge in [0.25, 0.3) is 11.5 Å². The molecule has 1 saturated heterocycles. The van der Waals surface area contributed by atoms with Crippen LogP contribution in [0.25, 0.3) is 0 Å². The first-order chi connectivity index (χ1) is 12.5. The molecule has 0 saturated carbocycles. The Morgan fingerprint density at radius 1 is 1.33 bits per heavy atom. The molecule has 27 heavy (non-hydrogen) atoms. The van der Waals surface area contributed by atoms with Crippen molar-refractivity contribution in [2.24, 2.45) is 0 Å². The van der Waals surface area contributed by atoms with Crippen LogP contribution in [0.3, 0.4) is 0 Å². The summed E-state index contributed by atoms with van der Waals surface area (Å²) in [5, 5.41) is 3.30. The lowest BCUT2D eigenvalue weighted by Gasteiger charge is -2.27. The highest BCUT2D eigenvalue weighted by Crippen LogP contribution is 2.20. The van der Waals surface area contributed by atoms with Crippen molar-refractivity contribution in [1.29, 1.82) is 0 Å². The first kappa shape index (κ1) is 21.1. The van der Waals surface area contributed by atoms with Crippen LogP contribution in [0, 0.1) is 6.92 Å². The van der Waals surface area contributed by atoms with Crippen LogP contribution >= 0.6 is 12.4 Å². The second-order valence-corrected chi connectivity index (χ2v) is 6.79. The SMILES string of the molecule is Cc1ccn(C2CCNCC2)c(=O)c1C(=O)N(C)C(C)c1ccncn1.Cl. The monoisotopic (exact) mass is 391 g/mol. The maximum atomic E-state index is 13.1. The van der Waals surface area contributed by atoms with Gasteiger partial charge < -0.3 is 14.8 Å². The molecule has 1 fully saturated rings. The average Bonchev–Trinajstić information content (AvgIpc) is 2.68.